The number of carbonyl (C=O) groups excluding carboxylic acids is 2. The Morgan fingerprint density at radius 2 is 1.02 bits per heavy atom. The molecule has 5 rings (SSSR count). The van der Waals surface area contributed by atoms with Gasteiger partial charge in [-0.15, -0.1) is 0 Å². The van der Waals surface area contributed by atoms with Gasteiger partial charge in [0.2, 0.25) is 11.8 Å². The minimum Gasteiger partial charge on any atom is -0.394 e. The number of aliphatic hydroxyl groups is 13. The van der Waals surface area contributed by atoms with Gasteiger partial charge in [-0.1, -0.05) is 0 Å². The number of hydrogen-bond donors (Lipinski definition) is 15. The van der Waals surface area contributed by atoms with E-state index in [9.17, 15) is 76.0 Å². The summed E-state index contributed by atoms with van der Waals surface area (Å²) in [5, 5.41) is 142. The predicted molar refractivity (Wildman–Crippen MR) is 187 cm³/mol. The minimum atomic E-state index is -2.06. The molecule has 5 aliphatic rings. The van der Waals surface area contributed by atoms with Gasteiger partial charge in [-0.25, -0.2) is 0 Å². The fourth-order valence-corrected chi connectivity index (χ4v) is 7.62. The van der Waals surface area contributed by atoms with E-state index >= 15 is 0 Å². The van der Waals surface area contributed by atoms with Crippen molar-refractivity contribution in [3.8, 4) is 0 Å². The van der Waals surface area contributed by atoms with Crippen molar-refractivity contribution in [1.29, 1.82) is 0 Å². The molecule has 0 saturated carbocycles. The molecule has 60 heavy (non-hydrogen) atoms. The highest BCUT2D eigenvalue weighted by Gasteiger charge is 2.55. The van der Waals surface area contributed by atoms with Crippen molar-refractivity contribution in [3.63, 3.8) is 0 Å². The summed E-state index contributed by atoms with van der Waals surface area (Å²) in [4.78, 5) is 24.5. The van der Waals surface area contributed by atoms with Crippen LogP contribution in [0.4, 0.5) is 0 Å². The SMILES string of the molecule is CC(=O)N[C@H]1[C@H](O[C@H]2[C@H](O)[C@@H](NC(C)=O)CO[C@@H]2CO[C@H]2O[C@@H](C)[C@@H](O)[C@@H](O)[C@@H]2O)O[C@H](CO)[C@@H](O[C@@H]2O[C@H](CO)[C@@H](O)[C@H](O[C@@H]3O[C@H](CO)[C@@H](O)[C@H](O)[C@@H]3O)[C@@H]2O)[C@@H]1O. The molecule has 0 aliphatic carbocycles. The highest BCUT2D eigenvalue weighted by molar-refractivity contribution is 5.73. The van der Waals surface area contributed by atoms with Crippen molar-refractivity contribution in [2.75, 3.05) is 33.0 Å². The number of amides is 2. The summed E-state index contributed by atoms with van der Waals surface area (Å²) in [7, 11) is 0. The summed E-state index contributed by atoms with van der Waals surface area (Å²) in [6, 6.07) is -2.71. The van der Waals surface area contributed by atoms with E-state index in [0.717, 1.165) is 6.92 Å². The Kier molecular flexibility index (Phi) is 17.3. The molecule has 348 valence electrons. The van der Waals surface area contributed by atoms with E-state index in [1.165, 1.54) is 13.8 Å². The van der Waals surface area contributed by atoms with E-state index in [1.807, 2.05) is 0 Å². The molecule has 26 heteroatoms. The lowest BCUT2D eigenvalue weighted by molar-refractivity contribution is -0.379. The van der Waals surface area contributed by atoms with Crippen molar-refractivity contribution in [2.45, 2.75) is 168 Å². The second kappa shape index (κ2) is 21.2. The van der Waals surface area contributed by atoms with Gasteiger partial charge < -0.3 is 120 Å². The van der Waals surface area contributed by atoms with Gasteiger partial charge in [0.05, 0.1) is 45.2 Å². The molecule has 0 aromatic rings. The van der Waals surface area contributed by atoms with Gasteiger partial charge in [0.15, 0.2) is 25.2 Å². The van der Waals surface area contributed by atoms with Crippen LogP contribution in [0.1, 0.15) is 20.8 Å². The largest absolute Gasteiger partial charge is 0.394 e. The molecular weight excluding hydrogens is 820 g/mol. The Morgan fingerprint density at radius 1 is 0.517 bits per heavy atom. The third-order valence-corrected chi connectivity index (χ3v) is 11.0. The molecule has 0 bridgehead atoms. The fourth-order valence-electron chi connectivity index (χ4n) is 7.62. The Morgan fingerprint density at radius 3 is 1.62 bits per heavy atom. The summed E-state index contributed by atoms with van der Waals surface area (Å²) in [5.74, 6) is -1.31. The lowest BCUT2D eigenvalue weighted by Crippen LogP contribution is -2.70. The van der Waals surface area contributed by atoms with Crippen LogP contribution >= 0.6 is 0 Å². The molecule has 15 N–H and O–H groups in total. The second-order valence-electron chi connectivity index (χ2n) is 15.3. The predicted octanol–water partition coefficient (Wildman–Crippen LogP) is -9.93. The van der Waals surface area contributed by atoms with Crippen molar-refractivity contribution < 1.29 is 119 Å². The Hall–Kier alpha value is -1.94. The number of hydrogen-bond acceptors (Lipinski definition) is 24. The average Bonchev–Trinajstić information content (AvgIpc) is 3.21. The quantitative estimate of drug-likeness (QED) is 0.0770. The van der Waals surface area contributed by atoms with Crippen LogP contribution in [0.25, 0.3) is 0 Å². The van der Waals surface area contributed by atoms with Gasteiger partial charge in [0, 0.05) is 13.8 Å². The summed E-state index contributed by atoms with van der Waals surface area (Å²) in [6.45, 7) is 0.198. The molecule has 5 heterocycles. The van der Waals surface area contributed by atoms with Gasteiger partial charge >= 0.3 is 0 Å². The average molecular weight is 879 g/mol. The summed E-state index contributed by atoms with van der Waals surface area (Å²) < 4.78 is 51.5. The van der Waals surface area contributed by atoms with Crippen LogP contribution in [0.5, 0.6) is 0 Å². The molecule has 5 saturated heterocycles. The van der Waals surface area contributed by atoms with Crippen LogP contribution in [0, 0.1) is 0 Å². The zero-order valence-corrected chi connectivity index (χ0v) is 32.7. The van der Waals surface area contributed by atoms with Gasteiger partial charge in [-0.05, 0) is 6.92 Å². The molecule has 5 fully saturated rings. The smallest absolute Gasteiger partial charge is 0.217 e. The molecule has 0 unspecified atom stereocenters. The second-order valence-corrected chi connectivity index (χ2v) is 15.3. The fraction of sp³-hybridized carbons (Fsp3) is 0.941. The number of ether oxygens (including phenoxy) is 9. The number of carbonyl (C=O) groups is 2. The van der Waals surface area contributed by atoms with Gasteiger partial charge in [0.1, 0.15) is 110 Å². The molecule has 24 atom stereocenters. The van der Waals surface area contributed by atoms with Crippen LogP contribution in [-0.4, -0.2) is 258 Å². The Bertz CT molecular complexity index is 1390. The van der Waals surface area contributed by atoms with E-state index < -0.39 is 185 Å². The van der Waals surface area contributed by atoms with Crippen LogP contribution in [0.15, 0.2) is 0 Å². The maximum Gasteiger partial charge on any atom is 0.217 e. The van der Waals surface area contributed by atoms with E-state index in [4.69, 9.17) is 42.6 Å². The van der Waals surface area contributed by atoms with E-state index in [0.29, 0.717) is 0 Å². The Labute approximate surface area is 342 Å². The maximum atomic E-state index is 12.5. The minimum absolute atomic E-state index is 0.284. The van der Waals surface area contributed by atoms with E-state index in [-0.39, 0.29) is 6.61 Å². The summed E-state index contributed by atoms with van der Waals surface area (Å²) in [6.07, 6.45) is -36.9. The van der Waals surface area contributed by atoms with Crippen molar-refractivity contribution >= 4 is 11.8 Å². The molecule has 0 aromatic heterocycles. The van der Waals surface area contributed by atoms with Crippen molar-refractivity contribution in [3.05, 3.63) is 0 Å². The van der Waals surface area contributed by atoms with Gasteiger partial charge in [0.25, 0.3) is 0 Å². The first-order chi connectivity index (χ1) is 28.3. The molecule has 5 aliphatic heterocycles. The van der Waals surface area contributed by atoms with Gasteiger partial charge in [-0.3, -0.25) is 9.59 Å². The van der Waals surface area contributed by atoms with Crippen molar-refractivity contribution in [2.24, 2.45) is 0 Å². The molecule has 0 radical (unpaired) electrons. The zero-order valence-electron chi connectivity index (χ0n) is 32.7. The third-order valence-electron chi connectivity index (χ3n) is 11.0. The first-order valence-corrected chi connectivity index (χ1v) is 19.3. The highest BCUT2D eigenvalue weighted by Crippen LogP contribution is 2.34. The van der Waals surface area contributed by atoms with Crippen LogP contribution in [0.3, 0.4) is 0 Å². The Balaban J connectivity index is 1.36. The molecule has 26 nitrogen and oxygen atoms in total. The lowest BCUT2D eigenvalue weighted by Gasteiger charge is -2.50. The van der Waals surface area contributed by atoms with E-state index in [1.54, 1.807) is 0 Å². The topological polar surface area (TPSA) is 404 Å². The summed E-state index contributed by atoms with van der Waals surface area (Å²) >= 11 is 0. The first-order valence-electron chi connectivity index (χ1n) is 19.3. The van der Waals surface area contributed by atoms with Crippen LogP contribution < -0.4 is 10.6 Å². The van der Waals surface area contributed by atoms with E-state index in [2.05, 4.69) is 10.6 Å². The molecular formula is C34H58N2O24. The van der Waals surface area contributed by atoms with Crippen LogP contribution in [0.2, 0.25) is 0 Å². The normalized spacial score (nSPS) is 48.9. The number of rotatable bonds is 14. The number of nitrogens with one attached hydrogen (secondary N) is 2. The summed E-state index contributed by atoms with van der Waals surface area (Å²) in [5.41, 5.74) is 0. The standard InChI is InChI=1S/C34H58N2O24/c1-9-18(42)23(47)25(49)32(54-9)53-8-16-29(19(43)12(7-52-16)35-10(2)40)58-31-17(36-11(3)41)22(46)28(15(6-39)57-31)59-34-27(51)30(21(45)14(5-38)56-34)60-33-26(50)24(48)20(44)13(4-37)55-33/h9,12-34,37-39,42-51H,4-8H2,1-3H3,(H,35,40)(H,36,41)/t9-,12-,13+,14+,15+,16+,17+,18+,19+,20+,21+,22+,23+,24-,25-,26-,27-,28+,29+,30-,31-,32-,33-,34-/m0/s1. The number of aliphatic hydroxyl groups excluding tert-OH is 13. The van der Waals surface area contributed by atoms with Crippen LogP contribution in [-0.2, 0) is 52.2 Å². The molecule has 0 aromatic carbocycles. The first kappa shape index (κ1) is 49.1. The maximum absolute atomic E-state index is 12.5. The third kappa shape index (κ3) is 10.7. The van der Waals surface area contributed by atoms with Gasteiger partial charge in [-0.2, -0.15) is 0 Å². The molecule has 0 spiro atoms. The monoisotopic (exact) mass is 878 g/mol. The molecule has 2 amide bonds. The van der Waals surface area contributed by atoms with Crippen molar-refractivity contribution in [1.82, 2.24) is 10.6 Å². The highest BCUT2D eigenvalue weighted by atomic mass is 16.8. The zero-order chi connectivity index (χ0) is 44.3. The lowest BCUT2D eigenvalue weighted by atomic mass is 9.94.